The Morgan fingerprint density at radius 2 is 2.20 bits per heavy atom. The minimum absolute atomic E-state index is 0.235. The summed E-state index contributed by atoms with van der Waals surface area (Å²) in [5.41, 5.74) is -0.692. The molecule has 1 aliphatic heterocycles. The summed E-state index contributed by atoms with van der Waals surface area (Å²) in [5.74, 6) is 0.235. The molecule has 3 nitrogen and oxygen atoms in total. The first-order valence-electron chi connectivity index (χ1n) is 6.68. The van der Waals surface area contributed by atoms with Crippen molar-refractivity contribution in [3.63, 3.8) is 0 Å². The lowest BCUT2D eigenvalue weighted by Gasteiger charge is -2.12. The molecule has 0 aliphatic carbocycles. The van der Waals surface area contributed by atoms with Crippen LogP contribution in [-0.2, 0) is 10.9 Å². The van der Waals surface area contributed by atoms with E-state index in [1.54, 1.807) is 0 Å². The Morgan fingerprint density at radius 3 is 2.90 bits per heavy atom. The third-order valence-electron chi connectivity index (χ3n) is 3.10. The number of rotatable bonds is 6. The van der Waals surface area contributed by atoms with Crippen molar-refractivity contribution >= 4 is 0 Å². The lowest BCUT2D eigenvalue weighted by Crippen LogP contribution is -2.29. The van der Waals surface area contributed by atoms with Crippen LogP contribution in [-0.4, -0.2) is 32.4 Å². The summed E-state index contributed by atoms with van der Waals surface area (Å²) < 4.78 is 48.3. The predicted molar refractivity (Wildman–Crippen MR) is 68.8 cm³/mol. The molecule has 0 aromatic heterocycles. The number of hydrogen-bond donors (Lipinski definition) is 1. The van der Waals surface area contributed by atoms with Crippen LogP contribution in [0, 0.1) is 0 Å². The van der Waals surface area contributed by atoms with E-state index in [1.165, 1.54) is 12.1 Å². The van der Waals surface area contributed by atoms with Crippen molar-refractivity contribution in [3.05, 3.63) is 29.8 Å². The molecule has 0 saturated carbocycles. The Labute approximate surface area is 116 Å². The van der Waals surface area contributed by atoms with Gasteiger partial charge in [0.2, 0.25) is 0 Å². The van der Waals surface area contributed by atoms with Crippen LogP contribution >= 0.6 is 0 Å². The second-order valence-electron chi connectivity index (χ2n) is 4.71. The first-order valence-corrected chi connectivity index (χ1v) is 6.68. The second-order valence-corrected chi connectivity index (χ2v) is 4.71. The second kappa shape index (κ2) is 6.95. The van der Waals surface area contributed by atoms with Crippen LogP contribution in [0.3, 0.4) is 0 Å². The molecular weight excluding hydrogens is 271 g/mol. The van der Waals surface area contributed by atoms with E-state index >= 15 is 0 Å². The first kappa shape index (κ1) is 15.1. The lowest BCUT2D eigenvalue weighted by atomic mass is 10.2. The van der Waals surface area contributed by atoms with Crippen molar-refractivity contribution in [3.8, 4) is 5.75 Å². The highest BCUT2D eigenvalue weighted by Gasteiger charge is 2.30. The van der Waals surface area contributed by atoms with Crippen LogP contribution in [0.2, 0.25) is 0 Å². The molecule has 1 aliphatic rings. The summed E-state index contributed by atoms with van der Waals surface area (Å²) in [4.78, 5) is 0. The van der Waals surface area contributed by atoms with Crippen LogP contribution in [0.5, 0.6) is 5.75 Å². The van der Waals surface area contributed by atoms with Gasteiger partial charge in [0.15, 0.2) is 0 Å². The SMILES string of the molecule is FC(F)(F)c1cccc(OCCNC[C@H]2CCCO2)c1. The summed E-state index contributed by atoms with van der Waals surface area (Å²) in [5, 5.41) is 3.17. The molecule has 0 unspecified atom stereocenters. The van der Waals surface area contributed by atoms with Gasteiger partial charge in [-0.1, -0.05) is 6.07 Å². The van der Waals surface area contributed by atoms with Gasteiger partial charge in [-0.25, -0.2) is 0 Å². The molecule has 1 fully saturated rings. The van der Waals surface area contributed by atoms with Gasteiger partial charge in [0.05, 0.1) is 11.7 Å². The van der Waals surface area contributed by atoms with E-state index < -0.39 is 11.7 Å². The number of nitrogens with one attached hydrogen (secondary N) is 1. The molecule has 0 amide bonds. The first-order chi connectivity index (χ1) is 9.55. The van der Waals surface area contributed by atoms with Crippen molar-refractivity contribution in [2.24, 2.45) is 0 Å². The number of hydrogen-bond acceptors (Lipinski definition) is 3. The summed E-state index contributed by atoms with van der Waals surface area (Å²) in [7, 11) is 0. The van der Waals surface area contributed by atoms with E-state index in [1.807, 2.05) is 0 Å². The van der Waals surface area contributed by atoms with Gasteiger partial charge in [0.25, 0.3) is 0 Å². The van der Waals surface area contributed by atoms with E-state index in [9.17, 15) is 13.2 Å². The highest BCUT2D eigenvalue weighted by atomic mass is 19.4. The average molecular weight is 289 g/mol. The van der Waals surface area contributed by atoms with Gasteiger partial charge in [0.1, 0.15) is 12.4 Å². The average Bonchev–Trinajstić information content (AvgIpc) is 2.91. The van der Waals surface area contributed by atoms with Crippen molar-refractivity contribution in [1.29, 1.82) is 0 Å². The fraction of sp³-hybridized carbons (Fsp3) is 0.571. The van der Waals surface area contributed by atoms with Gasteiger partial charge in [-0.2, -0.15) is 13.2 Å². The molecule has 20 heavy (non-hydrogen) atoms. The fourth-order valence-corrected chi connectivity index (χ4v) is 2.07. The van der Waals surface area contributed by atoms with Gasteiger partial charge < -0.3 is 14.8 Å². The van der Waals surface area contributed by atoms with Crippen molar-refractivity contribution < 1.29 is 22.6 Å². The minimum Gasteiger partial charge on any atom is -0.492 e. The largest absolute Gasteiger partial charge is 0.492 e. The Hall–Kier alpha value is -1.27. The zero-order chi connectivity index (χ0) is 14.4. The Morgan fingerprint density at radius 1 is 1.35 bits per heavy atom. The van der Waals surface area contributed by atoms with Gasteiger partial charge in [0, 0.05) is 19.7 Å². The van der Waals surface area contributed by atoms with Crippen molar-refractivity contribution in [2.75, 3.05) is 26.3 Å². The molecule has 0 radical (unpaired) electrons. The number of alkyl halides is 3. The highest BCUT2D eigenvalue weighted by molar-refractivity contribution is 5.30. The zero-order valence-corrected chi connectivity index (χ0v) is 11.1. The van der Waals surface area contributed by atoms with Crippen LogP contribution in [0.1, 0.15) is 18.4 Å². The van der Waals surface area contributed by atoms with Crippen LogP contribution in [0.15, 0.2) is 24.3 Å². The quantitative estimate of drug-likeness (QED) is 0.817. The monoisotopic (exact) mass is 289 g/mol. The van der Waals surface area contributed by atoms with Crippen LogP contribution in [0.4, 0.5) is 13.2 Å². The summed E-state index contributed by atoms with van der Waals surface area (Å²) >= 11 is 0. The summed E-state index contributed by atoms with van der Waals surface area (Å²) in [6.45, 7) is 2.48. The van der Waals surface area contributed by atoms with Crippen LogP contribution < -0.4 is 10.1 Å². The number of benzene rings is 1. The Bertz CT molecular complexity index is 417. The maximum absolute atomic E-state index is 12.5. The molecule has 1 aromatic rings. The molecule has 1 heterocycles. The summed E-state index contributed by atoms with van der Waals surface area (Å²) in [6, 6.07) is 4.91. The van der Waals surface area contributed by atoms with Crippen molar-refractivity contribution in [2.45, 2.75) is 25.1 Å². The predicted octanol–water partition coefficient (Wildman–Crippen LogP) is 2.85. The minimum atomic E-state index is -4.34. The Balaban J connectivity index is 1.68. The molecule has 112 valence electrons. The molecule has 0 bridgehead atoms. The standard InChI is InChI=1S/C14H18F3NO2/c15-14(16,17)11-3-1-4-12(9-11)20-8-6-18-10-13-5-2-7-19-13/h1,3-4,9,13,18H,2,5-8,10H2/t13-/m1/s1. The molecule has 0 spiro atoms. The highest BCUT2D eigenvalue weighted by Crippen LogP contribution is 2.31. The van der Waals surface area contributed by atoms with Gasteiger partial charge >= 0.3 is 6.18 Å². The lowest BCUT2D eigenvalue weighted by molar-refractivity contribution is -0.137. The van der Waals surface area contributed by atoms with E-state index in [0.717, 1.165) is 38.1 Å². The van der Waals surface area contributed by atoms with Gasteiger partial charge in [-0.05, 0) is 31.0 Å². The molecule has 1 saturated heterocycles. The smallest absolute Gasteiger partial charge is 0.416 e. The third kappa shape index (κ3) is 4.68. The molecule has 1 atom stereocenters. The third-order valence-corrected chi connectivity index (χ3v) is 3.10. The maximum Gasteiger partial charge on any atom is 0.416 e. The van der Waals surface area contributed by atoms with Gasteiger partial charge in [-0.3, -0.25) is 0 Å². The van der Waals surface area contributed by atoms with Gasteiger partial charge in [-0.15, -0.1) is 0 Å². The van der Waals surface area contributed by atoms with E-state index in [2.05, 4.69) is 5.32 Å². The molecule has 2 rings (SSSR count). The molecule has 6 heteroatoms. The molecule has 1 aromatic carbocycles. The fourth-order valence-electron chi connectivity index (χ4n) is 2.07. The van der Waals surface area contributed by atoms with Crippen molar-refractivity contribution in [1.82, 2.24) is 5.32 Å². The number of halogens is 3. The molecule has 1 N–H and O–H groups in total. The Kier molecular flexibility index (Phi) is 5.25. The number of ether oxygens (including phenoxy) is 2. The topological polar surface area (TPSA) is 30.5 Å². The van der Waals surface area contributed by atoms with E-state index in [4.69, 9.17) is 9.47 Å². The van der Waals surface area contributed by atoms with E-state index in [0.29, 0.717) is 13.2 Å². The maximum atomic E-state index is 12.5. The zero-order valence-electron chi connectivity index (χ0n) is 11.1. The summed E-state index contributed by atoms with van der Waals surface area (Å²) in [6.07, 6.45) is -1.94. The molecular formula is C14H18F3NO2. The normalized spacial score (nSPS) is 19.2. The van der Waals surface area contributed by atoms with Crippen LogP contribution in [0.25, 0.3) is 0 Å². The van der Waals surface area contributed by atoms with E-state index in [-0.39, 0.29) is 11.9 Å².